The lowest BCUT2D eigenvalue weighted by Gasteiger charge is -2.15. The van der Waals surface area contributed by atoms with Crippen molar-refractivity contribution in [3.8, 4) is 22.4 Å². The molecule has 0 aliphatic heterocycles. The first kappa shape index (κ1) is 15.3. The molecule has 0 fully saturated rings. The van der Waals surface area contributed by atoms with E-state index in [4.69, 9.17) is 0 Å². The summed E-state index contributed by atoms with van der Waals surface area (Å²) in [6.45, 7) is 0. The molecule has 0 aliphatic rings. The maximum absolute atomic E-state index is 4.58. The van der Waals surface area contributed by atoms with Crippen LogP contribution in [0, 0.1) is 0 Å². The molecule has 4 heteroatoms. The average molecular weight is 326 g/mol. The molecule has 0 saturated heterocycles. The van der Waals surface area contributed by atoms with Crippen LogP contribution in [0.25, 0.3) is 33.2 Å². The van der Waals surface area contributed by atoms with Gasteiger partial charge in [-0.25, -0.2) is 0 Å². The number of nitrogens with zero attached hydrogens (tertiary/aromatic N) is 4. The van der Waals surface area contributed by atoms with Crippen LogP contribution >= 0.6 is 0 Å². The van der Waals surface area contributed by atoms with Gasteiger partial charge in [0.25, 0.3) is 0 Å². The standard InChI is InChI=1S/C21H18N4/c1-25(2)20-14-19(16-10-12-22-13-11-16)21(24-23-20)18-9-5-7-15-6-3-4-8-17(15)18/h3-14H,1-2H3. The maximum Gasteiger partial charge on any atom is 0.151 e. The molecule has 2 aromatic carbocycles. The molecule has 0 aliphatic carbocycles. The lowest BCUT2D eigenvalue weighted by atomic mass is 9.96. The van der Waals surface area contributed by atoms with Gasteiger partial charge in [0, 0.05) is 37.6 Å². The minimum absolute atomic E-state index is 0.829. The fourth-order valence-electron chi connectivity index (χ4n) is 2.98. The van der Waals surface area contributed by atoms with Crippen LogP contribution in [0.1, 0.15) is 0 Å². The predicted molar refractivity (Wildman–Crippen MR) is 103 cm³/mol. The summed E-state index contributed by atoms with van der Waals surface area (Å²) in [5.41, 5.74) is 4.10. The fourth-order valence-corrected chi connectivity index (χ4v) is 2.98. The van der Waals surface area contributed by atoms with Crippen LogP contribution in [0.3, 0.4) is 0 Å². The van der Waals surface area contributed by atoms with Gasteiger partial charge in [-0.05, 0) is 34.5 Å². The summed E-state index contributed by atoms with van der Waals surface area (Å²) in [7, 11) is 3.94. The number of hydrogen-bond acceptors (Lipinski definition) is 4. The third-order valence-corrected chi connectivity index (χ3v) is 4.28. The van der Waals surface area contributed by atoms with Crippen LogP contribution in [0.15, 0.2) is 73.1 Å². The number of hydrogen-bond donors (Lipinski definition) is 0. The Bertz CT molecular complexity index is 1020. The summed E-state index contributed by atoms with van der Waals surface area (Å²) in [5.74, 6) is 0.829. The first-order chi connectivity index (χ1) is 12.2. The lowest BCUT2D eigenvalue weighted by Crippen LogP contribution is -2.12. The maximum atomic E-state index is 4.58. The largest absolute Gasteiger partial charge is 0.361 e. The van der Waals surface area contributed by atoms with Crippen LogP contribution in [0.2, 0.25) is 0 Å². The second-order valence-electron chi connectivity index (χ2n) is 6.12. The summed E-state index contributed by atoms with van der Waals surface area (Å²) in [5, 5.41) is 11.4. The molecule has 0 spiro atoms. The van der Waals surface area contributed by atoms with Crippen LogP contribution in [0.5, 0.6) is 0 Å². The summed E-state index contributed by atoms with van der Waals surface area (Å²) in [6.07, 6.45) is 3.61. The summed E-state index contributed by atoms with van der Waals surface area (Å²) < 4.78 is 0. The summed E-state index contributed by atoms with van der Waals surface area (Å²) in [6, 6.07) is 20.7. The number of fused-ring (bicyclic) bond motifs is 1. The van der Waals surface area contributed by atoms with E-state index in [0.29, 0.717) is 0 Å². The van der Waals surface area contributed by atoms with Gasteiger partial charge in [-0.15, -0.1) is 10.2 Å². The molecular formula is C21H18N4. The molecule has 4 nitrogen and oxygen atoms in total. The van der Waals surface area contributed by atoms with E-state index in [-0.39, 0.29) is 0 Å². The number of rotatable bonds is 3. The number of anilines is 1. The van der Waals surface area contributed by atoms with Crippen molar-refractivity contribution in [2.75, 3.05) is 19.0 Å². The highest BCUT2D eigenvalue weighted by Crippen LogP contribution is 2.35. The second-order valence-corrected chi connectivity index (χ2v) is 6.12. The highest BCUT2D eigenvalue weighted by Gasteiger charge is 2.14. The van der Waals surface area contributed by atoms with E-state index < -0.39 is 0 Å². The van der Waals surface area contributed by atoms with Gasteiger partial charge < -0.3 is 4.90 Å². The van der Waals surface area contributed by atoms with Gasteiger partial charge in [-0.2, -0.15) is 0 Å². The molecule has 4 rings (SSSR count). The van der Waals surface area contributed by atoms with Crippen molar-refractivity contribution < 1.29 is 0 Å². The Morgan fingerprint density at radius 1 is 0.760 bits per heavy atom. The molecular weight excluding hydrogens is 308 g/mol. The Balaban J connectivity index is 2.01. The van der Waals surface area contributed by atoms with E-state index in [1.165, 1.54) is 10.8 Å². The molecule has 2 aromatic heterocycles. The minimum Gasteiger partial charge on any atom is -0.361 e. The molecule has 0 unspecified atom stereocenters. The van der Waals surface area contributed by atoms with Crippen molar-refractivity contribution in [1.82, 2.24) is 15.2 Å². The van der Waals surface area contributed by atoms with Crippen LogP contribution in [-0.4, -0.2) is 29.3 Å². The van der Waals surface area contributed by atoms with E-state index in [1.54, 1.807) is 12.4 Å². The first-order valence-electron chi connectivity index (χ1n) is 8.17. The lowest BCUT2D eigenvalue weighted by molar-refractivity contribution is 0.971. The van der Waals surface area contributed by atoms with Gasteiger partial charge >= 0.3 is 0 Å². The Hall–Kier alpha value is -3.27. The zero-order valence-electron chi connectivity index (χ0n) is 14.2. The van der Waals surface area contributed by atoms with Crippen LogP contribution < -0.4 is 4.90 Å². The van der Waals surface area contributed by atoms with Crippen molar-refractivity contribution in [3.63, 3.8) is 0 Å². The van der Waals surface area contributed by atoms with Gasteiger partial charge in [-0.3, -0.25) is 4.98 Å². The predicted octanol–water partition coefficient (Wildman–Crippen LogP) is 4.42. The van der Waals surface area contributed by atoms with Crippen molar-refractivity contribution in [2.24, 2.45) is 0 Å². The minimum atomic E-state index is 0.829. The van der Waals surface area contributed by atoms with Crippen LogP contribution in [0.4, 0.5) is 5.82 Å². The Kier molecular flexibility index (Phi) is 3.86. The molecule has 2 heterocycles. The zero-order chi connectivity index (χ0) is 17.2. The number of aromatic nitrogens is 3. The SMILES string of the molecule is CN(C)c1cc(-c2ccncc2)c(-c2cccc3ccccc23)nn1. The Labute approximate surface area is 146 Å². The molecule has 25 heavy (non-hydrogen) atoms. The fraction of sp³-hybridized carbons (Fsp3) is 0.0952. The third kappa shape index (κ3) is 2.83. The van der Waals surface area contributed by atoms with Crippen molar-refractivity contribution in [2.45, 2.75) is 0 Å². The van der Waals surface area contributed by atoms with E-state index >= 15 is 0 Å². The van der Waals surface area contributed by atoms with E-state index in [9.17, 15) is 0 Å². The van der Waals surface area contributed by atoms with Gasteiger partial charge in [0.05, 0.1) is 0 Å². The number of pyridine rings is 1. The van der Waals surface area contributed by atoms with Gasteiger partial charge in [0.2, 0.25) is 0 Å². The van der Waals surface area contributed by atoms with E-state index in [0.717, 1.165) is 28.2 Å². The van der Waals surface area contributed by atoms with Crippen molar-refractivity contribution >= 4 is 16.6 Å². The highest BCUT2D eigenvalue weighted by atomic mass is 15.2. The highest BCUT2D eigenvalue weighted by molar-refractivity contribution is 5.99. The van der Waals surface area contributed by atoms with Crippen LogP contribution in [-0.2, 0) is 0 Å². The molecule has 0 amide bonds. The molecule has 0 radical (unpaired) electrons. The van der Waals surface area contributed by atoms with E-state index in [1.807, 2.05) is 31.1 Å². The topological polar surface area (TPSA) is 41.9 Å². The number of benzene rings is 2. The Morgan fingerprint density at radius 2 is 1.52 bits per heavy atom. The second kappa shape index (κ2) is 6.32. The van der Waals surface area contributed by atoms with Gasteiger partial charge in [-0.1, -0.05) is 42.5 Å². The third-order valence-electron chi connectivity index (χ3n) is 4.28. The molecule has 4 aromatic rings. The smallest absolute Gasteiger partial charge is 0.151 e. The van der Waals surface area contributed by atoms with E-state index in [2.05, 4.69) is 63.7 Å². The summed E-state index contributed by atoms with van der Waals surface area (Å²) >= 11 is 0. The molecule has 122 valence electrons. The Morgan fingerprint density at radius 3 is 2.32 bits per heavy atom. The average Bonchev–Trinajstić information content (AvgIpc) is 2.68. The molecule has 0 atom stereocenters. The monoisotopic (exact) mass is 326 g/mol. The normalized spacial score (nSPS) is 10.8. The molecule has 0 saturated carbocycles. The quantitative estimate of drug-likeness (QED) is 0.559. The molecule has 0 bridgehead atoms. The van der Waals surface area contributed by atoms with Gasteiger partial charge in [0.1, 0.15) is 5.69 Å². The van der Waals surface area contributed by atoms with Crippen molar-refractivity contribution in [1.29, 1.82) is 0 Å². The summed E-state index contributed by atoms with van der Waals surface area (Å²) in [4.78, 5) is 6.10. The zero-order valence-corrected chi connectivity index (χ0v) is 14.2. The van der Waals surface area contributed by atoms with Gasteiger partial charge in [0.15, 0.2) is 5.82 Å². The first-order valence-corrected chi connectivity index (χ1v) is 8.17. The van der Waals surface area contributed by atoms with Crippen molar-refractivity contribution in [3.05, 3.63) is 73.1 Å². The molecule has 0 N–H and O–H groups in total.